The molecule has 6 heteroatoms. The zero-order valence-electron chi connectivity index (χ0n) is 8.68. The summed E-state index contributed by atoms with van der Waals surface area (Å²) in [7, 11) is 1.39. The number of carbonyl (C=O) groups is 1. The number of nitrogens with one attached hydrogen (secondary N) is 1. The molecule has 0 saturated carbocycles. The van der Waals surface area contributed by atoms with Gasteiger partial charge in [0.05, 0.1) is 5.69 Å². The van der Waals surface area contributed by atoms with Crippen LogP contribution in [-0.2, 0) is 9.53 Å². The lowest BCUT2D eigenvalue weighted by molar-refractivity contribution is -0.124. The van der Waals surface area contributed by atoms with Crippen molar-refractivity contribution in [2.24, 2.45) is 0 Å². The van der Waals surface area contributed by atoms with Crippen molar-refractivity contribution in [3.05, 3.63) is 27.3 Å². The van der Waals surface area contributed by atoms with E-state index in [0.29, 0.717) is 3.57 Å². The van der Waals surface area contributed by atoms with Gasteiger partial charge in [0.2, 0.25) is 0 Å². The minimum absolute atomic E-state index is 0.230. The molecule has 0 heterocycles. The molecule has 0 aliphatic heterocycles. The summed E-state index contributed by atoms with van der Waals surface area (Å²) in [5.74, 6) is -2.35. The summed E-state index contributed by atoms with van der Waals surface area (Å²) in [4.78, 5) is 11.4. The van der Waals surface area contributed by atoms with E-state index in [4.69, 9.17) is 4.74 Å². The summed E-state index contributed by atoms with van der Waals surface area (Å²) < 4.78 is 31.0. The maximum absolute atomic E-state index is 12.9. The molecule has 0 fully saturated rings. The van der Waals surface area contributed by atoms with Crippen LogP contribution in [0.25, 0.3) is 0 Å². The Labute approximate surface area is 105 Å². The number of hydrogen-bond donors (Lipinski definition) is 1. The highest BCUT2D eigenvalue weighted by Gasteiger charge is 2.15. The lowest BCUT2D eigenvalue weighted by Gasteiger charge is -2.11. The van der Waals surface area contributed by atoms with Crippen LogP contribution in [0.2, 0.25) is 0 Å². The monoisotopic (exact) mass is 341 g/mol. The van der Waals surface area contributed by atoms with Crippen molar-refractivity contribution in [3.8, 4) is 0 Å². The molecule has 1 amide bonds. The van der Waals surface area contributed by atoms with Gasteiger partial charge in [-0.15, -0.1) is 0 Å². The fourth-order valence-corrected chi connectivity index (χ4v) is 1.52. The average Bonchev–Trinajstić information content (AvgIpc) is 2.24. The average molecular weight is 341 g/mol. The highest BCUT2D eigenvalue weighted by Crippen LogP contribution is 2.21. The topological polar surface area (TPSA) is 38.3 Å². The summed E-state index contributed by atoms with van der Waals surface area (Å²) in [6, 6.07) is 1.96. The van der Waals surface area contributed by atoms with Crippen LogP contribution in [-0.4, -0.2) is 19.1 Å². The van der Waals surface area contributed by atoms with Gasteiger partial charge in [-0.1, -0.05) is 0 Å². The summed E-state index contributed by atoms with van der Waals surface area (Å²) in [6.07, 6.45) is -0.649. The lowest BCUT2D eigenvalue weighted by Crippen LogP contribution is -2.27. The maximum atomic E-state index is 12.9. The van der Waals surface area contributed by atoms with Crippen LogP contribution in [0.4, 0.5) is 14.5 Å². The van der Waals surface area contributed by atoms with Crippen molar-refractivity contribution < 1.29 is 18.3 Å². The van der Waals surface area contributed by atoms with Crippen molar-refractivity contribution in [2.75, 3.05) is 12.4 Å². The molecule has 0 aliphatic rings. The first-order valence-corrected chi connectivity index (χ1v) is 5.51. The smallest absolute Gasteiger partial charge is 0.253 e. The van der Waals surface area contributed by atoms with Gasteiger partial charge in [-0.3, -0.25) is 4.79 Å². The molecule has 0 saturated heterocycles. The zero-order chi connectivity index (χ0) is 12.3. The standard InChI is InChI=1S/C10H10F2INO2/c1-5(16-2)10(15)14-9-4-7(12)6(11)3-8(9)13/h3-5H,1-2H3,(H,14,15)/t5-/m1/s1. The number of amides is 1. The minimum Gasteiger partial charge on any atom is -0.372 e. The molecule has 0 aliphatic carbocycles. The van der Waals surface area contributed by atoms with Crippen molar-refractivity contribution in [2.45, 2.75) is 13.0 Å². The first-order valence-electron chi connectivity index (χ1n) is 4.44. The predicted molar refractivity (Wildman–Crippen MR) is 64.2 cm³/mol. The summed E-state index contributed by atoms with van der Waals surface area (Å²) in [5.41, 5.74) is 0.230. The van der Waals surface area contributed by atoms with E-state index >= 15 is 0 Å². The van der Waals surface area contributed by atoms with Gasteiger partial charge in [-0.05, 0) is 35.6 Å². The Hall–Kier alpha value is -0.760. The van der Waals surface area contributed by atoms with Gasteiger partial charge in [-0.25, -0.2) is 8.78 Å². The molecule has 3 nitrogen and oxygen atoms in total. The Bertz CT molecular complexity index is 412. The first kappa shape index (κ1) is 13.3. The number of carbonyl (C=O) groups excluding carboxylic acids is 1. The molecule has 16 heavy (non-hydrogen) atoms. The Morgan fingerprint density at radius 3 is 2.56 bits per heavy atom. The molecule has 88 valence electrons. The minimum atomic E-state index is -0.999. The third kappa shape index (κ3) is 3.11. The number of anilines is 1. The molecular formula is C10H10F2INO2. The van der Waals surface area contributed by atoms with E-state index in [-0.39, 0.29) is 5.69 Å². The van der Waals surface area contributed by atoms with Gasteiger partial charge in [0.25, 0.3) is 5.91 Å². The highest BCUT2D eigenvalue weighted by atomic mass is 127. The molecule has 1 rings (SSSR count). The molecule has 0 unspecified atom stereocenters. The Kier molecular flexibility index (Phi) is 4.60. The van der Waals surface area contributed by atoms with Crippen molar-refractivity contribution in [3.63, 3.8) is 0 Å². The number of ether oxygens (including phenoxy) is 1. The molecule has 0 aromatic heterocycles. The number of hydrogen-bond acceptors (Lipinski definition) is 2. The second kappa shape index (κ2) is 5.53. The van der Waals surface area contributed by atoms with Crippen LogP contribution in [0.15, 0.2) is 12.1 Å². The molecule has 1 N–H and O–H groups in total. The van der Waals surface area contributed by atoms with Crippen LogP contribution in [0.1, 0.15) is 6.92 Å². The second-order valence-corrected chi connectivity index (χ2v) is 4.28. The van der Waals surface area contributed by atoms with Gasteiger partial charge >= 0.3 is 0 Å². The third-order valence-electron chi connectivity index (χ3n) is 1.99. The molecule has 1 aromatic rings. The van der Waals surface area contributed by atoms with Gasteiger partial charge in [0, 0.05) is 16.7 Å². The Morgan fingerprint density at radius 1 is 1.44 bits per heavy atom. The quantitative estimate of drug-likeness (QED) is 0.678. The third-order valence-corrected chi connectivity index (χ3v) is 2.88. The van der Waals surface area contributed by atoms with E-state index in [9.17, 15) is 13.6 Å². The van der Waals surface area contributed by atoms with E-state index < -0.39 is 23.6 Å². The van der Waals surface area contributed by atoms with Gasteiger partial charge in [-0.2, -0.15) is 0 Å². The number of methoxy groups -OCH3 is 1. The van der Waals surface area contributed by atoms with Gasteiger partial charge in [0.1, 0.15) is 6.10 Å². The molecule has 1 aromatic carbocycles. The van der Waals surface area contributed by atoms with Crippen molar-refractivity contribution >= 4 is 34.2 Å². The SMILES string of the molecule is CO[C@H](C)C(=O)Nc1cc(F)c(F)cc1I. The van der Waals surface area contributed by atoms with Crippen LogP contribution >= 0.6 is 22.6 Å². The molecule has 0 bridgehead atoms. The maximum Gasteiger partial charge on any atom is 0.253 e. The summed E-state index contributed by atoms with van der Waals surface area (Å²) in [5, 5.41) is 2.45. The van der Waals surface area contributed by atoms with Crippen LogP contribution in [0.5, 0.6) is 0 Å². The zero-order valence-corrected chi connectivity index (χ0v) is 10.8. The van der Waals surface area contributed by atoms with E-state index in [1.165, 1.54) is 7.11 Å². The van der Waals surface area contributed by atoms with E-state index in [1.54, 1.807) is 6.92 Å². The predicted octanol–water partition coefficient (Wildman–Crippen LogP) is 2.54. The largest absolute Gasteiger partial charge is 0.372 e. The Balaban J connectivity index is 2.90. The summed E-state index contributed by atoms with van der Waals surface area (Å²) >= 11 is 1.81. The number of rotatable bonds is 3. The molecule has 0 spiro atoms. The second-order valence-electron chi connectivity index (χ2n) is 3.11. The van der Waals surface area contributed by atoms with Crippen LogP contribution < -0.4 is 5.32 Å². The number of benzene rings is 1. The van der Waals surface area contributed by atoms with E-state index in [2.05, 4.69) is 5.32 Å². The summed E-state index contributed by atoms with van der Waals surface area (Å²) in [6.45, 7) is 1.56. The molecular weight excluding hydrogens is 331 g/mol. The van der Waals surface area contributed by atoms with Crippen LogP contribution in [0, 0.1) is 15.2 Å². The van der Waals surface area contributed by atoms with Gasteiger partial charge < -0.3 is 10.1 Å². The number of halogens is 3. The Morgan fingerprint density at radius 2 is 2.00 bits per heavy atom. The van der Waals surface area contributed by atoms with Crippen molar-refractivity contribution in [1.82, 2.24) is 0 Å². The molecule has 0 radical (unpaired) electrons. The fraction of sp³-hybridized carbons (Fsp3) is 0.300. The van der Waals surface area contributed by atoms with E-state index in [0.717, 1.165) is 12.1 Å². The lowest BCUT2D eigenvalue weighted by atomic mass is 10.3. The normalized spacial score (nSPS) is 12.3. The molecule has 1 atom stereocenters. The van der Waals surface area contributed by atoms with Crippen LogP contribution in [0.3, 0.4) is 0 Å². The van der Waals surface area contributed by atoms with E-state index in [1.807, 2.05) is 22.6 Å². The van der Waals surface area contributed by atoms with Gasteiger partial charge in [0.15, 0.2) is 11.6 Å². The first-order chi connectivity index (χ1) is 7.45. The highest BCUT2D eigenvalue weighted by molar-refractivity contribution is 14.1. The fourth-order valence-electron chi connectivity index (χ4n) is 0.960. The van der Waals surface area contributed by atoms with Crippen molar-refractivity contribution in [1.29, 1.82) is 0 Å².